The Bertz CT molecular complexity index is 385. The molecule has 1 fully saturated rings. The third-order valence-electron chi connectivity index (χ3n) is 3.26. The summed E-state index contributed by atoms with van der Waals surface area (Å²) in [6, 6.07) is 0. The van der Waals surface area contributed by atoms with Crippen molar-refractivity contribution in [3.05, 3.63) is 11.6 Å². The minimum Gasteiger partial charge on any atom is -0.300 e. The smallest absolute Gasteiger partial charge is 0.133 e. The molecule has 0 spiro atoms. The van der Waals surface area contributed by atoms with Crippen molar-refractivity contribution in [3.8, 4) is 11.5 Å². The van der Waals surface area contributed by atoms with E-state index in [9.17, 15) is 4.79 Å². The van der Waals surface area contributed by atoms with Crippen LogP contribution >= 0.6 is 0 Å². The topological polar surface area (TPSA) is 17.1 Å². The van der Waals surface area contributed by atoms with E-state index in [4.69, 9.17) is 0 Å². The lowest BCUT2D eigenvalue weighted by Gasteiger charge is -2.25. The first-order valence-electron chi connectivity index (χ1n) is 6.45. The number of allylic oxidation sites excluding steroid dienone is 2. The van der Waals surface area contributed by atoms with Crippen molar-refractivity contribution in [2.45, 2.75) is 59.2 Å². The van der Waals surface area contributed by atoms with Gasteiger partial charge in [0, 0.05) is 12.8 Å². The average molecular weight is 248 g/mol. The number of rotatable bonds is 0. The molecular weight excluding hydrogens is 224 g/mol. The zero-order chi connectivity index (χ0) is 13.1. The van der Waals surface area contributed by atoms with E-state index < -0.39 is 8.07 Å². The van der Waals surface area contributed by atoms with Crippen LogP contribution in [0.4, 0.5) is 0 Å². The lowest BCUT2D eigenvalue weighted by Crippen LogP contribution is -2.16. The molecule has 1 saturated carbocycles. The highest BCUT2D eigenvalue weighted by Gasteiger charge is 2.27. The fourth-order valence-corrected chi connectivity index (χ4v) is 2.46. The van der Waals surface area contributed by atoms with Crippen LogP contribution < -0.4 is 0 Å². The Hall–Kier alpha value is -0.813. The summed E-state index contributed by atoms with van der Waals surface area (Å²) in [5.74, 6) is 3.63. The normalized spacial score (nSPS) is 22.9. The molecule has 0 radical (unpaired) electrons. The second-order valence-electron chi connectivity index (χ2n) is 6.61. The first-order chi connectivity index (χ1) is 7.71. The van der Waals surface area contributed by atoms with Crippen LogP contribution in [0.1, 0.15) is 39.5 Å². The maximum Gasteiger partial charge on any atom is 0.133 e. The van der Waals surface area contributed by atoms with Crippen molar-refractivity contribution in [3.63, 3.8) is 0 Å². The van der Waals surface area contributed by atoms with E-state index in [1.165, 1.54) is 5.57 Å². The molecule has 0 aromatic carbocycles. The minimum absolute atomic E-state index is 0.139. The van der Waals surface area contributed by atoms with Gasteiger partial charge in [0.2, 0.25) is 0 Å². The molecule has 0 bridgehead atoms. The van der Waals surface area contributed by atoms with E-state index in [0.29, 0.717) is 12.2 Å². The van der Waals surface area contributed by atoms with Crippen LogP contribution in [-0.2, 0) is 4.79 Å². The molecule has 0 saturated heterocycles. The van der Waals surface area contributed by atoms with Crippen molar-refractivity contribution in [2.24, 2.45) is 5.41 Å². The van der Waals surface area contributed by atoms with Crippen LogP contribution in [0.3, 0.4) is 0 Å². The van der Waals surface area contributed by atoms with Crippen molar-refractivity contribution in [2.75, 3.05) is 0 Å². The van der Waals surface area contributed by atoms with Crippen LogP contribution in [0.15, 0.2) is 11.6 Å². The van der Waals surface area contributed by atoms with Gasteiger partial charge in [-0.25, -0.2) is 0 Å². The monoisotopic (exact) mass is 248 g/mol. The van der Waals surface area contributed by atoms with Gasteiger partial charge in [-0.1, -0.05) is 45.0 Å². The van der Waals surface area contributed by atoms with Gasteiger partial charge >= 0.3 is 0 Å². The maximum atomic E-state index is 11.5. The SMILES string of the molecule is CC1(C)CCC(=O)CC/C1=C/C#C[Si](C)(C)C. The maximum absolute atomic E-state index is 11.5. The summed E-state index contributed by atoms with van der Waals surface area (Å²) in [4.78, 5) is 11.5. The van der Waals surface area contributed by atoms with E-state index in [1.54, 1.807) is 0 Å². The Morgan fingerprint density at radius 3 is 2.41 bits per heavy atom. The van der Waals surface area contributed by atoms with Gasteiger partial charge in [0.1, 0.15) is 13.9 Å². The van der Waals surface area contributed by atoms with Crippen LogP contribution in [0, 0.1) is 16.9 Å². The molecule has 0 aromatic heterocycles. The van der Waals surface area contributed by atoms with Crippen molar-refractivity contribution in [1.82, 2.24) is 0 Å². The zero-order valence-corrected chi connectivity index (χ0v) is 12.8. The molecule has 1 aliphatic rings. The largest absolute Gasteiger partial charge is 0.300 e. The van der Waals surface area contributed by atoms with Crippen LogP contribution in [0.2, 0.25) is 19.6 Å². The number of Topliss-reactive ketones (excluding diaryl/α,β-unsaturated/α-hetero) is 1. The number of carbonyl (C=O) groups excluding carboxylic acids is 1. The molecule has 0 N–H and O–H groups in total. The number of hydrogen-bond donors (Lipinski definition) is 0. The Morgan fingerprint density at radius 2 is 1.82 bits per heavy atom. The van der Waals surface area contributed by atoms with Crippen LogP contribution in [0.25, 0.3) is 0 Å². The second-order valence-corrected chi connectivity index (χ2v) is 11.4. The molecule has 0 amide bonds. The summed E-state index contributed by atoms with van der Waals surface area (Å²) in [6.45, 7) is 11.2. The van der Waals surface area contributed by atoms with Gasteiger partial charge in [0.25, 0.3) is 0 Å². The summed E-state index contributed by atoms with van der Waals surface area (Å²) < 4.78 is 0. The summed E-state index contributed by atoms with van der Waals surface area (Å²) >= 11 is 0. The highest BCUT2D eigenvalue weighted by molar-refractivity contribution is 6.83. The second kappa shape index (κ2) is 5.22. The molecule has 0 heterocycles. The fourth-order valence-electron chi connectivity index (χ4n) is 1.96. The molecule has 0 aromatic rings. The predicted molar refractivity (Wildman–Crippen MR) is 76.5 cm³/mol. The van der Waals surface area contributed by atoms with Gasteiger partial charge < -0.3 is 0 Å². The van der Waals surface area contributed by atoms with E-state index >= 15 is 0 Å². The third-order valence-corrected chi connectivity index (χ3v) is 4.16. The molecule has 1 rings (SSSR count). The van der Waals surface area contributed by atoms with E-state index in [0.717, 1.165) is 19.3 Å². The quantitative estimate of drug-likeness (QED) is 0.360. The molecule has 94 valence electrons. The van der Waals surface area contributed by atoms with Crippen molar-refractivity contribution < 1.29 is 4.79 Å². The molecule has 0 aliphatic heterocycles. The van der Waals surface area contributed by atoms with Gasteiger partial charge in [0.05, 0.1) is 0 Å². The highest BCUT2D eigenvalue weighted by atomic mass is 28.3. The van der Waals surface area contributed by atoms with Gasteiger partial charge in [-0.3, -0.25) is 4.79 Å². The molecule has 2 heteroatoms. The first kappa shape index (κ1) is 14.2. The summed E-state index contributed by atoms with van der Waals surface area (Å²) in [7, 11) is -1.29. The van der Waals surface area contributed by atoms with Gasteiger partial charge in [-0.15, -0.1) is 5.54 Å². The zero-order valence-electron chi connectivity index (χ0n) is 11.8. The van der Waals surface area contributed by atoms with Gasteiger partial charge in [0.15, 0.2) is 0 Å². The molecular formula is C15H24OSi. The summed E-state index contributed by atoms with van der Waals surface area (Å²) in [5, 5.41) is 0. The van der Waals surface area contributed by atoms with Crippen molar-refractivity contribution >= 4 is 13.9 Å². The predicted octanol–water partition coefficient (Wildman–Crippen LogP) is 3.96. The molecule has 1 nitrogen and oxygen atoms in total. The number of carbonyl (C=O) groups is 1. The highest BCUT2D eigenvalue weighted by Crippen LogP contribution is 2.37. The average Bonchev–Trinajstić information content (AvgIpc) is 2.28. The van der Waals surface area contributed by atoms with E-state index in [1.807, 2.05) is 0 Å². The fraction of sp³-hybridized carbons (Fsp3) is 0.667. The Labute approximate surface area is 107 Å². The third kappa shape index (κ3) is 4.91. The minimum atomic E-state index is -1.29. The molecule has 1 aliphatic carbocycles. The number of ketones is 1. The standard InChI is InChI=1S/C15H24OSi/c1-15(2)11-10-14(16)9-8-13(15)7-6-12-17(3,4)5/h7H,8-11H2,1-5H3/b13-7-. The van der Waals surface area contributed by atoms with E-state index in [-0.39, 0.29) is 5.41 Å². The van der Waals surface area contributed by atoms with Crippen LogP contribution in [-0.4, -0.2) is 13.9 Å². The molecule has 17 heavy (non-hydrogen) atoms. The summed E-state index contributed by atoms with van der Waals surface area (Å²) in [5.41, 5.74) is 4.86. The lowest BCUT2D eigenvalue weighted by atomic mass is 9.80. The van der Waals surface area contributed by atoms with Gasteiger partial charge in [-0.2, -0.15) is 0 Å². The van der Waals surface area contributed by atoms with Crippen LogP contribution in [0.5, 0.6) is 0 Å². The Morgan fingerprint density at radius 1 is 1.18 bits per heavy atom. The Balaban J connectivity index is 2.89. The molecule has 0 atom stereocenters. The first-order valence-corrected chi connectivity index (χ1v) is 9.95. The van der Waals surface area contributed by atoms with Crippen molar-refractivity contribution in [1.29, 1.82) is 0 Å². The lowest BCUT2D eigenvalue weighted by molar-refractivity contribution is -0.119. The van der Waals surface area contributed by atoms with Gasteiger partial charge in [-0.05, 0) is 24.3 Å². The van der Waals surface area contributed by atoms with E-state index in [2.05, 4.69) is 51.0 Å². The Kier molecular flexibility index (Phi) is 4.38. The number of hydrogen-bond acceptors (Lipinski definition) is 1. The molecule has 0 unspecified atom stereocenters. The summed E-state index contributed by atoms with van der Waals surface area (Å²) in [6.07, 6.45) is 5.37.